The van der Waals surface area contributed by atoms with Crippen LogP contribution in [0.3, 0.4) is 0 Å². The number of non-ortho nitro benzene ring substituents is 1. The molecule has 0 atom stereocenters. The Hall–Kier alpha value is -2.60. The van der Waals surface area contributed by atoms with E-state index in [1.807, 2.05) is 37.6 Å². The van der Waals surface area contributed by atoms with Crippen molar-refractivity contribution in [3.8, 4) is 11.3 Å². The van der Waals surface area contributed by atoms with Crippen LogP contribution in [0.15, 0.2) is 47.5 Å². The highest BCUT2D eigenvalue weighted by Crippen LogP contribution is 2.42. The Bertz CT molecular complexity index is 1020. The average Bonchev–Trinajstić information content (AvgIpc) is 2.76. The van der Waals surface area contributed by atoms with Crippen molar-refractivity contribution in [2.75, 3.05) is 6.26 Å². The van der Waals surface area contributed by atoms with Crippen LogP contribution in [0.4, 0.5) is 11.4 Å². The van der Waals surface area contributed by atoms with E-state index in [2.05, 4.69) is 10.6 Å². The van der Waals surface area contributed by atoms with Gasteiger partial charge in [-0.05, 0) is 24.0 Å². The number of nitro benzene ring substituents is 1. The van der Waals surface area contributed by atoms with Gasteiger partial charge in [-0.15, -0.1) is 11.8 Å². The minimum atomic E-state index is -0.340. The molecule has 4 rings (SSSR count). The largest absolute Gasteiger partial charge is 0.343 e. The number of aliphatic imine (C=N–C) groups is 1. The molecule has 0 spiro atoms. The van der Waals surface area contributed by atoms with Gasteiger partial charge in [-0.25, -0.2) is 4.99 Å². The second-order valence-corrected chi connectivity index (χ2v) is 6.63. The van der Waals surface area contributed by atoms with Crippen LogP contribution in [0.1, 0.15) is 5.56 Å². The van der Waals surface area contributed by atoms with E-state index in [9.17, 15) is 10.1 Å². The molecule has 0 bridgehead atoms. The predicted molar refractivity (Wildman–Crippen MR) is 99.3 cm³/mol. The van der Waals surface area contributed by atoms with Crippen molar-refractivity contribution in [1.82, 2.24) is 4.57 Å². The fourth-order valence-electron chi connectivity index (χ4n) is 3.36. The second-order valence-electron chi connectivity index (χ2n) is 5.75. The van der Waals surface area contributed by atoms with Gasteiger partial charge in [-0.2, -0.15) is 0 Å². The SMILES string of the molecule is CSC1=Nc2ccccc2-c2c(c3cc([N+](=O)[O-])ccc3n2C)C1. The minimum absolute atomic E-state index is 0.121. The number of aromatic nitrogens is 1. The fraction of sp³-hybridized carbons (Fsp3) is 0.167. The summed E-state index contributed by atoms with van der Waals surface area (Å²) in [6.07, 6.45) is 2.70. The lowest BCUT2D eigenvalue weighted by Crippen LogP contribution is -1.97. The molecule has 0 radical (unpaired) electrons. The Morgan fingerprint density at radius 2 is 2.04 bits per heavy atom. The number of hydrogen-bond acceptors (Lipinski definition) is 4. The molecule has 1 aromatic heterocycles. The standard InChI is InChI=1S/C18H15N3O2S/c1-20-16-8-7-11(21(22)23)9-13(16)14-10-17(24-2)19-15-6-4-3-5-12(15)18(14)20/h3-9H,10H2,1-2H3. The summed E-state index contributed by atoms with van der Waals surface area (Å²) < 4.78 is 2.12. The first-order valence-corrected chi connectivity index (χ1v) is 8.79. The molecule has 0 amide bonds. The third-order valence-electron chi connectivity index (χ3n) is 4.47. The van der Waals surface area contributed by atoms with Crippen molar-refractivity contribution in [2.45, 2.75) is 6.42 Å². The predicted octanol–water partition coefficient (Wildman–Crippen LogP) is 4.70. The van der Waals surface area contributed by atoms with Crippen LogP contribution in [-0.4, -0.2) is 20.8 Å². The van der Waals surface area contributed by atoms with Crippen LogP contribution in [0, 0.1) is 10.1 Å². The molecule has 0 saturated heterocycles. The van der Waals surface area contributed by atoms with Crippen molar-refractivity contribution in [3.63, 3.8) is 0 Å². The van der Waals surface area contributed by atoms with E-state index in [0.717, 1.165) is 38.5 Å². The molecule has 2 aromatic carbocycles. The number of rotatable bonds is 1. The second kappa shape index (κ2) is 5.49. The molecule has 120 valence electrons. The highest BCUT2D eigenvalue weighted by atomic mass is 32.2. The molecule has 0 saturated carbocycles. The van der Waals surface area contributed by atoms with E-state index in [1.54, 1.807) is 23.9 Å². The molecule has 6 heteroatoms. The highest BCUT2D eigenvalue weighted by molar-refractivity contribution is 8.13. The van der Waals surface area contributed by atoms with Gasteiger partial charge in [0.1, 0.15) is 0 Å². The first kappa shape index (κ1) is 15.0. The first-order valence-electron chi connectivity index (χ1n) is 7.57. The lowest BCUT2D eigenvalue weighted by molar-refractivity contribution is -0.384. The van der Waals surface area contributed by atoms with Crippen molar-refractivity contribution >= 4 is 39.1 Å². The lowest BCUT2D eigenvalue weighted by atomic mass is 10.0. The third kappa shape index (κ3) is 2.14. The summed E-state index contributed by atoms with van der Waals surface area (Å²) in [5.74, 6) is 0. The van der Waals surface area contributed by atoms with Crippen molar-refractivity contribution < 1.29 is 4.92 Å². The summed E-state index contributed by atoms with van der Waals surface area (Å²) in [4.78, 5) is 15.6. The van der Waals surface area contributed by atoms with Crippen LogP contribution in [0.5, 0.6) is 0 Å². The molecule has 0 fully saturated rings. The van der Waals surface area contributed by atoms with Gasteiger partial charge in [0.05, 0.1) is 21.3 Å². The topological polar surface area (TPSA) is 60.4 Å². The molecule has 3 aromatic rings. The quantitative estimate of drug-likeness (QED) is 0.477. The van der Waals surface area contributed by atoms with E-state index in [-0.39, 0.29) is 10.6 Å². The Morgan fingerprint density at radius 3 is 2.79 bits per heavy atom. The molecule has 24 heavy (non-hydrogen) atoms. The third-order valence-corrected chi connectivity index (χ3v) is 5.17. The van der Waals surface area contributed by atoms with Gasteiger partial charge in [0.2, 0.25) is 0 Å². The number of thioether (sulfide) groups is 1. The van der Waals surface area contributed by atoms with Gasteiger partial charge in [0.25, 0.3) is 5.69 Å². The Labute approximate surface area is 143 Å². The molecule has 1 aliphatic heterocycles. The normalized spacial score (nSPS) is 13.2. The zero-order chi connectivity index (χ0) is 16.8. The maximum atomic E-state index is 11.2. The first-order chi connectivity index (χ1) is 11.6. The van der Waals surface area contributed by atoms with E-state index in [0.29, 0.717) is 6.42 Å². The van der Waals surface area contributed by atoms with E-state index in [1.165, 1.54) is 0 Å². The van der Waals surface area contributed by atoms with Crippen LogP contribution < -0.4 is 0 Å². The summed E-state index contributed by atoms with van der Waals surface area (Å²) in [5, 5.41) is 13.1. The smallest absolute Gasteiger partial charge is 0.270 e. The molecule has 2 heterocycles. The molecule has 5 nitrogen and oxygen atoms in total. The highest BCUT2D eigenvalue weighted by Gasteiger charge is 2.24. The van der Waals surface area contributed by atoms with E-state index < -0.39 is 0 Å². The maximum Gasteiger partial charge on any atom is 0.270 e. The molecule has 0 N–H and O–H groups in total. The summed E-state index contributed by atoms with van der Waals surface area (Å²) in [5.41, 5.74) is 5.33. The van der Waals surface area contributed by atoms with Gasteiger partial charge in [0.15, 0.2) is 0 Å². The number of hydrogen-bond donors (Lipinski definition) is 0. The molecule has 1 aliphatic rings. The summed E-state index contributed by atoms with van der Waals surface area (Å²) in [7, 11) is 2.01. The lowest BCUT2D eigenvalue weighted by Gasteiger charge is -2.07. The number of aryl methyl sites for hydroxylation is 1. The summed E-state index contributed by atoms with van der Waals surface area (Å²) in [6, 6.07) is 13.1. The van der Waals surface area contributed by atoms with Crippen LogP contribution in [-0.2, 0) is 13.5 Å². The average molecular weight is 337 g/mol. The zero-order valence-corrected chi connectivity index (χ0v) is 14.1. The van der Waals surface area contributed by atoms with Crippen molar-refractivity contribution in [1.29, 1.82) is 0 Å². The molecule has 0 aliphatic carbocycles. The van der Waals surface area contributed by atoms with Gasteiger partial charge in [0, 0.05) is 42.1 Å². The molecule has 0 unspecified atom stereocenters. The number of nitro groups is 1. The molecular weight excluding hydrogens is 322 g/mol. The molecular formula is C18H15N3O2S. The number of para-hydroxylation sites is 1. The van der Waals surface area contributed by atoms with Crippen LogP contribution in [0.2, 0.25) is 0 Å². The van der Waals surface area contributed by atoms with Gasteiger partial charge < -0.3 is 4.57 Å². The van der Waals surface area contributed by atoms with Gasteiger partial charge >= 0.3 is 0 Å². The monoisotopic (exact) mass is 337 g/mol. The van der Waals surface area contributed by atoms with Gasteiger partial charge in [-0.1, -0.05) is 18.2 Å². The maximum absolute atomic E-state index is 11.2. The number of nitrogens with zero attached hydrogens (tertiary/aromatic N) is 3. The number of fused-ring (bicyclic) bond motifs is 5. The number of benzene rings is 2. The van der Waals surface area contributed by atoms with Crippen LogP contribution >= 0.6 is 11.8 Å². The summed E-state index contributed by atoms with van der Waals surface area (Å²) in [6.45, 7) is 0. The van der Waals surface area contributed by atoms with Crippen molar-refractivity contribution in [3.05, 3.63) is 58.1 Å². The zero-order valence-electron chi connectivity index (χ0n) is 13.3. The minimum Gasteiger partial charge on any atom is -0.343 e. The van der Waals surface area contributed by atoms with Crippen LogP contribution in [0.25, 0.3) is 22.2 Å². The summed E-state index contributed by atoms with van der Waals surface area (Å²) >= 11 is 1.62. The Kier molecular flexibility index (Phi) is 3.42. The van der Waals surface area contributed by atoms with Crippen molar-refractivity contribution in [2.24, 2.45) is 12.0 Å². The van der Waals surface area contributed by atoms with E-state index >= 15 is 0 Å². The van der Waals surface area contributed by atoms with E-state index in [4.69, 9.17) is 4.99 Å². The van der Waals surface area contributed by atoms with Gasteiger partial charge in [-0.3, -0.25) is 10.1 Å². The Morgan fingerprint density at radius 1 is 1.25 bits per heavy atom. The fourth-order valence-corrected chi connectivity index (χ4v) is 3.84. The Balaban J connectivity index is 2.11.